The van der Waals surface area contributed by atoms with E-state index in [0.717, 1.165) is 28.3 Å². The van der Waals surface area contributed by atoms with Crippen molar-refractivity contribution in [3.05, 3.63) is 30.5 Å². The van der Waals surface area contributed by atoms with Crippen molar-refractivity contribution >= 4 is 46.1 Å². The molecule has 0 radical (unpaired) electrons. The number of ether oxygens (including phenoxy) is 1. The molecule has 3 heterocycles. The molecule has 0 saturated carbocycles. The first kappa shape index (κ1) is 25.7. The van der Waals surface area contributed by atoms with Gasteiger partial charge in [-0.15, -0.1) is 0 Å². The van der Waals surface area contributed by atoms with Gasteiger partial charge in [-0.1, -0.05) is 25.6 Å². The number of nitrogens with one attached hydrogen (secondary N) is 2. The summed E-state index contributed by atoms with van der Waals surface area (Å²) < 4.78 is 6.97. The molecule has 2 N–H and O–H groups in total. The van der Waals surface area contributed by atoms with Crippen molar-refractivity contribution in [2.24, 2.45) is 5.92 Å². The van der Waals surface area contributed by atoms with Crippen LogP contribution in [0.4, 0.5) is 11.5 Å². The summed E-state index contributed by atoms with van der Waals surface area (Å²) >= 11 is 1.60. The smallest absolute Gasteiger partial charge is 0.227 e. The van der Waals surface area contributed by atoms with Gasteiger partial charge in [0, 0.05) is 36.5 Å². The monoisotopic (exact) mass is 511 g/mol. The number of carbonyl (C=O) groups excluding carboxylic acids is 2. The van der Waals surface area contributed by atoms with E-state index in [-0.39, 0.29) is 24.3 Å². The largest absolute Gasteiger partial charge is 0.497 e. The molecule has 1 aromatic carbocycles. The van der Waals surface area contributed by atoms with Gasteiger partial charge in [-0.2, -0.15) is 5.10 Å². The Hall–Kier alpha value is -3.34. The highest BCUT2D eigenvalue weighted by molar-refractivity contribution is 7.99. The Morgan fingerprint density at radius 2 is 1.94 bits per heavy atom. The summed E-state index contributed by atoms with van der Waals surface area (Å²) in [6, 6.07) is 7.49. The summed E-state index contributed by atoms with van der Waals surface area (Å²) in [5.41, 5.74) is 1.49. The average molecular weight is 512 g/mol. The van der Waals surface area contributed by atoms with Crippen LogP contribution in [0.25, 0.3) is 11.0 Å². The van der Waals surface area contributed by atoms with Crippen LogP contribution in [0, 0.1) is 5.92 Å². The minimum atomic E-state index is -0.396. The first-order chi connectivity index (χ1) is 17.2. The Balaban J connectivity index is 1.40. The van der Waals surface area contributed by atoms with Gasteiger partial charge in [0.25, 0.3) is 0 Å². The van der Waals surface area contributed by atoms with E-state index in [4.69, 9.17) is 9.72 Å². The van der Waals surface area contributed by atoms with E-state index in [0.29, 0.717) is 30.0 Å². The van der Waals surface area contributed by atoms with Gasteiger partial charge < -0.3 is 20.3 Å². The highest BCUT2D eigenvalue weighted by atomic mass is 32.2. The molecule has 1 saturated heterocycles. The number of aromatic nitrogens is 4. The van der Waals surface area contributed by atoms with Gasteiger partial charge in [0.1, 0.15) is 11.6 Å². The average Bonchev–Trinajstić information content (AvgIpc) is 3.42. The third-order valence-corrected chi connectivity index (χ3v) is 6.61. The van der Waals surface area contributed by atoms with Crippen LogP contribution >= 0.6 is 11.8 Å². The maximum atomic E-state index is 12.8. The number of amides is 2. The number of hydrogen-bond donors (Lipinski definition) is 2. The first-order valence-corrected chi connectivity index (χ1v) is 13.0. The second-order valence-corrected chi connectivity index (χ2v) is 10.9. The molecule has 1 aliphatic rings. The fourth-order valence-electron chi connectivity index (χ4n) is 4.07. The molecule has 1 fully saturated rings. The van der Waals surface area contributed by atoms with Gasteiger partial charge in [-0.05, 0) is 38.1 Å². The van der Waals surface area contributed by atoms with Gasteiger partial charge >= 0.3 is 0 Å². The molecule has 1 unspecified atom stereocenters. The standard InChI is InChI=1S/C25H33N7O3S/c1-15(2)28-22-20-13-27-32(23(20)30-25(29-22)36-16(3)4)11-10-26-24(34)17-12-21(33)31(14-17)18-6-8-19(35-5)9-7-18/h6-9,13,15-17H,10-12,14H2,1-5H3,(H,26,34)(H,28,29,30). The highest BCUT2D eigenvalue weighted by Crippen LogP contribution is 2.28. The minimum Gasteiger partial charge on any atom is -0.497 e. The number of fused-ring (bicyclic) bond motifs is 1. The fourth-order valence-corrected chi connectivity index (χ4v) is 4.78. The Kier molecular flexibility index (Phi) is 7.97. The zero-order valence-electron chi connectivity index (χ0n) is 21.3. The predicted octanol–water partition coefficient (Wildman–Crippen LogP) is 3.33. The Morgan fingerprint density at radius 3 is 2.61 bits per heavy atom. The summed E-state index contributed by atoms with van der Waals surface area (Å²) in [5.74, 6) is 0.890. The Labute approximate surface area is 215 Å². The number of carbonyl (C=O) groups is 2. The summed E-state index contributed by atoms with van der Waals surface area (Å²) in [7, 11) is 1.60. The summed E-state index contributed by atoms with van der Waals surface area (Å²) in [6.07, 6.45) is 1.95. The van der Waals surface area contributed by atoms with Gasteiger partial charge in [-0.25, -0.2) is 14.6 Å². The molecule has 192 valence electrons. The summed E-state index contributed by atoms with van der Waals surface area (Å²) in [6.45, 7) is 9.52. The molecular weight excluding hydrogens is 478 g/mol. The second kappa shape index (κ2) is 11.2. The van der Waals surface area contributed by atoms with E-state index >= 15 is 0 Å². The lowest BCUT2D eigenvalue weighted by atomic mass is 10.1. The van der Waals surface area contributed by atoms with Crippen LogP contribution in [0.1, 0.15) is 34.1 Å². The molecular formula is C25H33N7O3S. The van der Waals surface area contributed by atoms with Gasteiger partial charge in [0.05, 0.1) is 31.2 Å². The number of benzene rings is 1. The van der Waals surface area contributed by atoms with E-state index in [1.165, 1.54) is 0 Å². The van der Waals surface area contributed by atoms with Crippen LogP contribution in [-0.4, -0.2) is 63.1 Å². The normalized spacial score (nSPS) is 15.8. The van der Waals surface area contributed by atoms with Crippen LogP contribution in [0.15, 0.2) is 35.6 Å². The molecule has 0 aliphatic carbocycles. The Bertz CT molecular complexity index is 1230. The summed E-state index contributed by atoms with van der Waals surface area (Å²) in [4.78, 5) is 36.4. The highest BCUT2D eigenvalue weighted by Gasteiger charge is 2.35. The van der Waals surface area contributed by atoms with Crippen LogP contribution in [-0.2, 0) is 16.1 Å². The molecule has 0 spiro atoms. The zero-order valence-corrected chi connectivity index (χ0v) is 22.1. The number of nitrogens with zero attached hydrogens (tertiary/aromatic N) is 5. The summed E-state index contributed by atoms with van der Waals surface area (Å²) in [5, 5.41) is 12.7. The molecule has 10 nitrogen and oxygen atoms in total. The lowest BCUT2D eigenvalue weighted by Gasteiger charge is -2.17. The van der Waals surface area contributed by atoms with Crippen LogP contribution in [0.2, 0.25) is 0 Å². The molecule has 1 atom stereocenters. The molecule has 11 heteroatoms. The Morgan fingerprint density at radius 1 is 1.19 bits per heavy atom. The van der Waals surface area contributed by atoms with Crippen LogP contribution in [0.3, 0.4) is 0 Å². The molecule has 36 heavy (non-hydrogen) atoms. The van der Waals surface area contributed by atoms with E-state index in [1.54, 1.807) is 46.8 Å². The van der Waals surface area contributed by atoms with Crippen molar-refractivity contribution in [3.8, 4) is 5.75 Å². The van der Waals surface area contributed by atoms with E-state index in [1.807, 2.05) is 12.1 Å². The molecule has 4 rings (SSSR count). The van der Waals surface area contributed by atoms with Crippen LogP contribution in [0.5, 0.6) is 5.75 Å². The van der Waals surface area contributed by atoms with Crippen molar-refractivity contribution < 1.29 is 14.3 Å². The maximum absolute atomic E-state index is 12.8. The molecule has 2 amide bonds. The molecule has 1 aliphatic heterocycles. The number of thioether (sulfide) groups is 1. The lowest BCUT2D eigenvalue weighted by molar-refractivity contribution is -0.126. The SMILES string of the molecule is COc1ccc(N2CC(C(=O)NCCn3ncc4c(NC(C)C)nc(SC(C)C)nc43)CC2=O)cc1. The molecule has 2 aromatic heterocycles. The van der Waals surface area contributed by atoms with Gasteiger partial charge in [0.15, 0.2) is 10.8 Å². The van der Waals surface area contributed by atoms with Crippen molar-refractivity contribution in [3.63, 3.8) is 0 Å². The fraction of sp³-hybridized carbons (Fsp3) is 0.480. The van der Waals surface area contributed by atoms with Crippen molar-refractivity contribution in [1.29, 1.82) is 0 Å². The predicted molar refractivity (Wildman–Crippen MR) is 142 cm³/mol. The first-order valence-electron chi connectivity index (χ1n) is 12.1. The lowest BCUT2D eigenvalue weighted by Crippen LogP contribution is -2.35. The third kappa shape index (κ3) is 5.89. The molecule has 0 bridgehead atoms. The second-order valence-electron chi connectivity index (χ2n) is 9.32. The maximum Gasteiger partial charge on any atom is 0.227 e. The number of anilines is 2. The minimum absolute atomic E-state index is 0.0598. The number of hydrogen-bond acceptors (Lipinski definition) is 8. The zero-order chi connectivity index (χ0) is 25.8. The van der Waals surface area contributed by atoms with E-state index in [2.05, 4.69) is 48.4 Å². The van der Waals surface area contributed by atoms with Crippen molar-refractivity contribution in [2.75, 3.05) is 30.4 Å². The van der Waals surface area contributed by atoms with Crippen LogP contribution < -0.4 is 20.3 Å². The van der Waals surface area contributed by atoms with E-state index < -0.39 is 5.92 Å². The van der Waals surface area contributed by atoms with E-state index in [9.17, 15) is 9.59 Å². The third-order valence-electron chi connectivity index (χ3n) is 5.74. The van der Waals surface area contributed by atoms with Crippen molar-refractivity contribution in [1.82, 2.24) is 25.1 Å². The van der Waals surface area contributed by atoms with Gasteiger partial charge in [-0.3, -0.25) is 9.59 Å². The van der Waals surface area contributed by atoms with Gasteiger partial charge in [0.2, 0.25) is 11.8 Å². The van der Waals surface area contributed by atoms with Crippen molar-refractivity contribution in [2.45, 2.75) is 57.1 Å². The molecule has 3 aromatic rings. The topological polar surface area (TPSA) is 114 Å². The number of rotatable bonds is 10. The quantitative estimate of drug-likeness (QED) is 0.315. The number of methoxy groups -OCH3 is 1.